The van der Waals surface area contributed by atoms with Crippen molar-refractivity contribution >= 4 is 5.91 Å². The van der Waals surface area contributed by atoms with Gasteiger partial charge in [0.2, 0.25) is 0 Å². The highest BCUT2D eigenvalue weighted by molar-refractivity contribution is 5.94. The summed E-state index contributed by atoms with van der Waals surface area (Å²) in [6.07, 6.45) is 5.71. The van der Waals surface area contributed by atoms with Crippen molar-refractivity contribution < 1.29 is 9.52 Å². The lowest BCUT2D eigenvalue weighted by Crippen LogP contribution is -2.37. The number of benzene rings is 1. The Morgan fingerprint density at radius 3 is 2.62 bits per heavy atom. The van der Waals surface area contributed by atoms with Crippen LogP contribution in [0.5, 0.6) is 0 Å². The quantitative estimate of drug-likeness (QED) is 0.640. The molecule has 0 N–H and O–H groups in total. The molecule has 0 radical (unpaired) electrons. The molecule has 21 heavy (non-hydrogen) atoms. The summed E-state index contributed by atoms with van der Waals surface area (Å²) in [7, 11) is 0. The van der Waals surface area contributed by atoms with Crippen molar-refractivity contribution in [2.75, 3.05) is 6.54 Å². The average molecular weight is 282 g/mol. The van der Waals surface area contributed by atoms with E-state index in [9.17, 15) is 10.0 Å². The number of rotatable bonds is 3. The third kappa shape index (κ3) is 3.05. The van der Waals surface area contributed by atoms with Crippen molar-refractivity contribution in [2.24, 2.45) is 0 Å². The highest BCUT2D eigenvalue weighted by Gasteiger charge is 2.29. The Morgan fingerprint density at radius 2 is 1.90 bits per heavy atom. The maximum absolute atomic E-state index is 12.6. The number of carbonyl (C=O) groups excluding carboxylic acids is 1. The van der Waals surface area contributed by atoms with Gasteiger partial charge in [0.1, 0.15) is 0 Å². The van der Waals surface area contributed by atoms with Crippen molar-refractivity contribution in [3.05, 3.63) is 71.2 Å². The van der Waals surface area contributed by atoms with E-state index >= 15 is 0 Å². The van der Waals surface area contributed by atoms with Crippen molar-refractivity contribution in [3.63, 3.8) is 0 Å². The van der Waals surface area contributed by atoms with Gasteiger partial charge >= 0.3 is 0 Å². The number of likely N-dealkylation sites (tertiary alicyclic amines) is 1. The first-order valence-corrected chi connectivity index (χ1v) is 7.28. The zero-order chi connectivity index (χ0) is 14.7. The lowest BCUT2D eigenvalue weighted by atomic mass is 10.0. The zero-order valence-corrected chi connectivity index (χ0v) is 11.8. The molecular formula is C17H18N2O2. The van der Waals surface area contributed by atoms with E-state index in [1.54, 1.807) is 12.1 Å². The first kappa shape index (κ1) is 13.6. The molecule has 0 aliphatic carbocycles. The topological polar surface area (TPSA) is 47.2 Å². The molecule has 1 aliphatic heterocycles. The second kappa shape index (κ2) is 5.95. The molecule has 1 aromatic carbocycles. The Balaban J connectivity index is 1.74. The van der Waals surface area contributed by atoms with Crippen LogP contribution >= 0.6 is 0 Å². The fourth-order valence-electron chi connectivity index (χ4n) is 2.92. The van der Waals surface area contributed by atoms with Crippen molar-refractivity contribution in [3.8, 4) is 0 Å². The number of pyridine rings is 1. The number of aromatic nitrogens is 1. The van der Waals surface area contributed by atoms with Crippen LogP contribution in [-0.4, -0.2) is 23.4 Å². The highest BCUT2D eigenvalue weighted by atomic mass is 16.5. The van der Waals surface area contributed by atoms with E-state index in [0.717, 1.165) is 25.8 Å². The number of amides is 1. The van der Waals surface area contributed by atoms with Crippen LogP contribution in [0.3, 0.4) is 0 Å². The minimum atomic E-state index is 0.0223. The fourth-order valence-corrected chi connectivity index (χ4v) is 2.92. The number of hydrogen-bond acceptors (Lipinski definition) is 2. The average Bonchev–Trinajstić information content (AvgIpc) is 2.96. The predicted molar refractivity (Wildman–Crippen MR) is 79.6 cm³/mol. The van der Waals surface area contributed by atoms with Gasteiger partial charge in [-0.05, 0) is 24.8 Å². The minimum Gasteiger partial charge on any atom is -0.619 e. The summed E-state index contributed by atoms with van der Waals surface area (Å²) in [6.45, 7) is 0.794. The third-order valence-corrected chi connectivity index (χ3v) is 4.00. The molecule has 3 rings (SSSR count). The van der Waals surface area contributed by atoms with Gasteiger partial charge in [-0.15, -0.1) is 0 Å². The summed E-state index contributed by atoms with van der Waals surface area (Å²) in [5.74, 6) is 0.0223. The standard InChI is InChI=1S/C17H18N2O2/c20-17(15-8-11-18(21)12-9-15)19-10-4-7-16(19)13-14-5-2-1-3-6-14/h1-3,5-6,8-9,11-12,16H,4,7,10,13H2. The van der Waals surface area contributed by atoms with Gasteiger partial charge in [0.25, 0.3) is 5.91 Å². The maximum Gasteiger partial charge on any atom is 0.254 e. The summed E-state index contributed by atoms with van der Waals surface area (Å²) >= 11 is 0. The highest BCUT2D eigenvalue weighted by Crippen LogP contribution is 2.23. The van der Waals surface area contributed by atoms with Crippen molar-refractivity contribution in [1.82, 2.24) is 4.90 Å². The van der Waals surface area contributed by atoms with Gasteiger partial charge in [0.05, 0.1) is 5.56 Å². The largest absolute Gasteiger partial charge is 0.619 e. The Morgan fingerprint density at radius 1 is 1.19 bits per heavy atom. The predicted octanol–water partition coefficient (Wildman–Crippen LogP) is 2.17. The van der Waals surface area contributed by atoms with Crippen LogP contribution in [0.25, 0.3) is 0 Å². The molecule has 1 saturated heterocycles. The summed E-state index contributed by atoms with van der Waals surface area (Å²) in [5, 5.41) is 11.1. The van der Waals surface area contributed by atoms with E-state index < -0.39 is 0 Å². The lowest BCUT2D eigenvalue weighted by Gasteiger charge is -2.24. The number of carbonyl (C=O) groups is 1. The minimum absolute atomic E-state index is 0.0223. The summed E-state index contributed by atoms with van der Waals surface area (Å²) in [5.41, 5.74) is 1.84. The number of nitrogens with zero attached hydrogens (tertiary/aromatic N) is 2. The molecule has 108 valence electrons. The molecule has 1 atom stereocenters. The van der Waals surface area contributed by atoms with Crippen LogP contribution < -0.4 is 4.73 Å². The SMILES string of the molecule is O=C(c1cc[n+]([O-])cc1)N1CCCC1Cc1ccccc1. The molecule has 1 fully saturated rings. The van der Waals surface area contributed by atoms with Crippen LogP contribution in [0.15, 0.2) is 54.9 Å². The normalized spacial score (nSPS) is 17.9. The van der Waals surface area contributed by atoms with E-state index in [4.69, 9.17) is 0 Å². The summed E-state index contributed by atoms with van der Waals surface area (Å²) in [6, 6.07) is 13.7. The zero-order valence-electron chi connectivity index (χ0n) is 11.8. The first-order chi connectivity index (χ1) is 10.2. The molecule has 0 saturated carbocycles. The molecule has 1 unspecified atom stereocenters. The fraction of sp³-hybridized carbons (Fsp3) is 0.294. The van der Waals surface area contributed by atoms with E-state index in [1.165, 1.54) is 18.0 Å². The molecular weight excluding hydrogens is 264 g/mol. The van der Waals surface area contributed by atoms with E-state index in [0.29, 0.717) is 10.3 Å². The van der Waals surface area contributed by atoms with Crippen LogP contribution in [0.1, 0.15) is 28.8 Å². The molecule has 2 heterocycles. The van der Waals surface area contributed by atoms with Crippen LogP contribution in [-0.2, 0) is 6.42 Å². The maximum atomic E-state index is 12.6. The van der Waals surface area contributed by atoms with Gasteiger partial charge in [0.15, 0.2) is 12.4 Å². The Kier molecular flexibility index (Phi) is 3.86. The van der Waals surface area contributed by atoms with Gasteiger partial charge in [-0.2, -0.15) is 4.73 Å². The molecule has 1 aromatic heterocycles. The molecule has 0 bridgehead atoms. The molecule has 4 heteroatoms. The molecule has 2 aromatic rings. The first-order valence-electron chi connectivity index (χ1n) is 7.28. The lowest BCUT2D eigenvalue weighted by molar-refractivity contribution is -0.605. The van der Waals surface area contributed by atoms with E-state index in [2.05, 4.69) is 12.1 Å². The number of hydrogen-bond donors (Lipinski definition) is 0. The molecule has 1 aliphatic rings. The van der Waals surface area contributed by atoms with Crippen LogP contribution in [0, 0.1) is 5.21 Å². The smallest absolute Gasteiger partial charge is 0.254 e. The van der Waals surface area contributed by atoms with Crippen LogP contribution in [0.4, 0.5) is 0 Å². The monoisotopic (exact) mass is 282 g/mol. The summed E-state index contributed by atoms with van der Waals surface area (Å²) < 4.78 is 0.697. The molecule has 4 nitrogen and oxygen atoms in total. The van der Waals surface area contributed by atoms with Crippen molar-refractivity contribution in [1.29, 1.82) is 0 Å². The summed E-state index contributed by atoms with van der Waals surface area (Å²) in [4.78, 5) is 14.5. The van der Waals surface area contributed by atoms with Gasteiger partial charge in [-0.1, -0.05) is 30.3 Å². The van der Waals surface area contributed by atoms with E-state index in [1.807, 2.05) is 23.1 Å². The Labute approximate surface area is 124 Å². The van der Waals surface area contributed by atoms with Crippen LogP contribution in [0.2, 0.25) is 0 Å². The van der Waals surface area contributed by atoms with Gasteiger partial charge in [-0.25, -0.2) is 0 Å². The Bertz CT molecular complexity index is 610. The second-order valence-electron chi connectivity index (χ2n) is 5.43. The molecule has 1 amide bonds. The van der Waals surface area contributed by atoms with E-state index in [-0.39, 0.29) is 11.9 Å². The molecule has 0 spiro atoms. The van der Waals surface area contributed by atoms with Gasteiger partial charge in [-0.3, -0.25) is 4.79 Å². The van der Waals surface area contributed by atoms with Crippen molar-refractivity contribution in [2.45, 2.75) is 25.3 Å². The third-order valence-electron chi connectivity index (χ3n) is 4.00. The Hall–Kier alpha value is -2.36. The van der Waals surface area contributed by atoms with Gasteiger partial charge < -0.3 is 10.1 Å². The van der Waals surface area contributed by atoms with Gasteiger partial charge in [0, 0.05) is 24.7 Å². The second-order valence-corrected chi connectivity index (χ2v) is 5.43.